The number of hydrogen-bond acceptors (Lipinski definition) is 2. The summed E-state index contributed by atoms with van der Waals surface area (Å²) < 4.78 is 0. The van der Waals surface area contributed by atoms with Crippen LogP contribution in [0, 0.1) is 0 Å². The van der Waals surface area contributed by atoms with Crippen molar-refractivity contribution >= 4 is 5.69 Å². The van der Waals surface area contributed by atoms with E-state index in [1.54, 1.807) is 0 Å². The van der Waals surface area contributed by atoms with Gasteiger partial charge in [-0.05, 0) is 37.0 Å². The average Bonchev–Trinajstić information content (AvgIpc) is 2.16. The van der Waals surface area contributed by atoms with Crippen molar-refractivity contribution in [2.75, 3.05) is 5.32 Å². The minimum absolute atomic E-state index is 0.152. The van der Waals surface area contributed by atoms with Crippen LogP contribution in [0.3, 0.4) is 0 Å². The number of rotatable bonds is 1. The molecule has 2 N–H and O–H groups in total. The molecule has 2 rings (SSSR count). The SMILES string of the molecule is CC1CCc2c(CO)cccc2N1. The van der Waals surface area contributed by atoms with E-state index in [1.165, 1.54) is 11.3 Å². The van der Waals surface area contributed by atoms with Crippen LogP contribution in [0.25, 0.3) is 0 Å². The normalized spacial score (nSPS) is 20.6. The van der Waals surface area contributed by atoms with Crippen molar-refractivity contribution in [1.29, 1.82) is 0 Å². The highest BCUT2D eigenvalue weighted by Crippen LogP contribution is 2.27. The third-order valence-corrected chi connectivity index (χ3v) is 2.67. The molecule has 0 saturated carbocycles. The zero-order chi connectivity index (χ0) is 9.26. The first kappa shape index (κ1) is 8.57. The highest BCUT2D eigenvalue weighted by atomic mass is 16.3. The lowest BCUT2D eigenvalue weighted by molar-refractivity contribution is 0.280. The monoisotopic (exact) mass is 177 g/mol. The maximum atomic E-state index is 9.13. The number of aliphatic hydroxyl groups is 1. The van der Waals surface area contributed by atoms with Crippen LogP contribution >= 0.6 is 0 Å². The van der Waals surface area contributed by atoms with E-state index in [-0.39, 0.29) is 6.61 Å². The van der Waals surface area contributed by atoms with Gasteiger partial charge in [0.05, 0.1) is 6.61 Å². The van der Waals surface area contributed by atoms with Gasteiger partial charge in [0.15, 0.2) is 0 Å². The summed E-state index contributed by atoms with van der Waals surface area (Å²) in [6.45, 7) is 2.34. The summed E-state index contributed by atoms with van der Waals surface area (Å²) in [6, 6.07) is 6.64. The molecular weight excluding hydrogens is 162 g/mol. The minimum Gasteiger partial charge on any atom is -0.392 e. The number of fused-ring (bicyclic) bond motifs is 1. The van der Waals surface area contributed by atoms with E-state index >= 15 is 0 Å². The molecule has 0 aliphatic carbocycles. The molecule has 0 radical (unpaired) electrons. The third kappa shape index (κ3) is 1.54. The number of hydrogen-bond donors (Lipinski definition) is 2. The second-order valence-corrected chi connectivity index (χ2v) is 3.69. The van der Waals surface area contributed by atoms with Gasteiger partial charge in [-0.25, -0.2) is 0 Å². The van der Waals surface area contributed by atoms with Gasteiger partial charge in [-0.15, -0.1) is 0 Å². The van der Waals surface area contributed by atoms with E-state index in [1.807, 2.05) is 12.1 Å². The van der Waals surface area contributed by atoms with Crippen LogP contribution in [0.5, 0.6) is 0 Å². The second kappa shape index (κ2) is 3.38. The van der Waals surface area contributed by atoms with Crippen molar-refractivity contribution in [1.82, 2.24) is 0 Å². The molecular formula is C11H15NO. The van der Waals surface area contributed by atoms with Crippen molar-refractivity contribution < 1.29 is 5.11 Å². The fraction of sp³-hybridized carbons (Fsp3) is 0.455. The van der Waals surface area contributed by atoms with Gasteiger partial charge >= 0.3 is 0 Å². The van der Waals surface area contributed by atoms with Crippen molar-refractivity contribution in [3.8, 4) is 0 Å². The van der Waals surface area contributed by atoms with Gasteiger partial charge in [-0.2, -0.15) is 0 Å². The predicted octanol–water partition coefficient (Wildman–Crippen LogP) is 1.93. The Balaban J connectivity index is 2.39. The summed E-state index contributed by atoms with van der Waals surface area (Å²) in [5.41, 5.74) is 3.56. The molecule has 1 aromatic carbocycles. The molecule has 2 nitrogen and oxygen atoms in total. The van der Waals surface area contributed by atoms with Gasteiger partial charge in [-0.1, -0.05) is 12.1 Å². The van der Waals surface area contributed by atoms with E-state index in [0.717, 1.165) is 18.4 Å². The standard InChI is InChI=1S/C11H15NO/c1-8-5-6-10-9(7-13)3-2-4-11(10)12-8/h2-4,8,12-13H,5-7H2,1H3. The van der Waals surface area contributed by atoms with Crippen molar-refractivity contribution in [3.05, 3.63) is 29.3 Å². The van der Waals surface area contributed by atoms with Crippen LogP contribution in [0.2, 0.25) is 0 Å². The van der Waals surface area contributed by atoms with Crippen LogP contribution in [-0.2, 0) is 13.0 Å². The number of nitrogens with one attached hydrogen (secondary N) is 1. The van der Waals surface area contributed by atoms with E-state index < -0.39 is 0 Å². The maximum absolute atomic E-state index is 9.13. The van der Waals surface area contributed by atoms with Gasteiger partial charge in [0.2, 0.25) is 0 Å². The largest absolute Gasteiger partial charge is 0.392 e. The van der Waals surface area contributed by atoms with Gasteiger partial charge < -0.3 is 10.4 Å². The number of anilines is 1. The minimum atomic E-state index is 0.152. The molecule has 1 atom stereocenters. The molecule has 70 valence electrons. The highest BCUT2D eigenvalue weighted by molar-refractivity contribution is 5.56. The molecule has 1 heterocycles. The summed E-state index contributed by atoms with van der Waals surface area (Å²) in [5, 5.41) is 12.6. The van der Waals surface area contributed by atoms with Crippen molar-refractivity contribution in [3.63, 3.8) is 0 Å². The summed E-state index contributed by atoms with van der Waals surface area (Å²) in [7, 11) is 0. The number of benzene rings is 1. The first-order valence-corrected chi connectivity index (χ1v) is 4.79. The summed E-state index contributed by atoms with van der Waals surface area (Å²) >= 11 is 0. The van der Waals surface area contributed by atoms with Crippen LogP contribution in [-0.4, -0.2) is 11.1 Å². The smallest absolute Gasteiger partial charge is 0.0685 e. The van der Waals surface area contributed by atoms with Crippen LogP contribution in [0.1, 0.15) is 24.5 Å². The van der Waals surface area contributed by atoms with Crippen LogP contribution in [0.4, 0.5) is 5.69 Å². The molecule has 0 aromatic heterocycles. The number of aliphatic hydroxyl groups excluding tert-OH is 1. The van der Waals surface area contributed by atoms with Crippen LogP contribution in [0.15, 0.2) is 18.2 Å². The molecule has 0 spiro atoms. The molecule has 0 fully saturated rings. The lowest BCUT2D eigenvalue weighted by Gasteiger charge is -2.25. The molecule has 13 heavy (non-hydrogen) atoms. The van der Waals surface area contributed by atoms with Crippen molar-refractivity contribution in [2.45, 2.75) is 32.4 Å². The first-order valence-electron chi connectivity index (χ1n) is 4.79. The second-order valence-electron chi connectivity index (χ2n) is 3.69. The fourth-order valence-corrected chi connectivity index (χ4v) is 1.91. The molecule has 0 amide bonds. The maximum Gasteiger partial charge on any atom is 0.0685 e. The Labute approximate surface area is 78.6 Å². The Kier molecular flexibility index (Phi) is 2.23. The predicted molar refractivity (Wildman–Crippen MR) is 53.8 cm³/mol. The van der Waals surface area contributed by atoms with Gasteiger partial charge in [0.25, 0.3) is 0 Å². The molecule has 2 heteroatoms. The zero-order valence-electron chi connectivity index (χ0n) is 7.88. The highest BCUT2D eigenvalue weighted by Gasteiger charge is 2.15. The Morgan fingerprint density at radius 2 is 2.38 bits per heavy atom. The van der Waals surface area contributed by atoms with Gasteiger partial charge in [0, 0.05) is 11.7 Å². The lowest BCUT2D eigenvalue weighted by Crippen LogP contribution is -2.22. The fourth-order valence-electron chi connectivity index (χ4n) is 1.91. The molecule has 1 unspecified atom stereocenters. The van der Waals surface area contributed by atoms with Crippen LogP contribution < -0.4 is 5.32 Å². The summed E-state index contributed by atoms with van der Waals surface area (Å²) in [6.07, 6.45) is 2.24. The summed E-state index contributed by atoms with van der Waals surface area (Å²) in [5.74, 6) is 0. The Morgan fingerprint density at radius 3 is 3.15 bits per heavy atom. The van der Waals surface area contributed by atoms with E-state index in [2.05, 4.69) is 18.3 Å². The van der Waals surface area contributed by atoms with Crippen molar-refractivity contribution in [2.24, 2.45) is 0 Å². The van der Waals surface area contributed by atoms with E-state index in [0.29, 0.717) is 6.04 Å². The Bertz CT molecular complexity index is 309. The van der Waals surface area contributed by atoms with E-state index in [9.17, 15) is 0 Å². The lowest BCUT2D eigenvalue weighted by atomic mass is 9.95. The molecule has 1 aliphatic rings. The molecule has 1 aromatic rings. The zero-order valence-corrected chi connectivity index (χ0v) is 7.88. The molecule has 1 aliphatic heterocycles. The quantitative estimate of drug-likeness (QED) is 0.687. The molecule has 0 bridgehead atoms. The first-order chi connectivity index (χ1) is 6.31. The topological polar surface area (TPSA) is 32.3 Å². The third-order valence-electron chi connectivity index (χ3n) is 2.67. The summed E-state index contributed by atoms with van der Waals surface area (Å²) in [4.78, 5) is 0. The van der Waals surface area contributed by atoms with E-state index in [4.69, 9.17) is 5.11 Å². The van der Waals surface area contributed by atoms with Gasteiger partial charge in [-0.3, -0.25) is 0 Å². The Morgan fingerprint density at radius 1 is 1.54 bits per heavy atom. The average molecular weight is 177 g/mol. The Hall–Kier alpha value is -1.02. The molecule has 0 saturated heterocycles. The van der Waals surface area contributed by atoms with Gasteiger partial charge in [0.1, 0.15) is 0 Å².